The van der Waals surface area contributed by atoms with E-state index in [0.717, 1.165) is 31.2 Å². The highest BCUT2D eigenvalue weighted by atomic mass is 32.2. The fraction of sp³-hybridized carbons (Fsp3) is 0.435. The predicted molar refractivity (Wildman–Crippen MR) is 122 cm³/mol. The molecule has 2 aromatic carbocycles. The number of rotatable bonds is 6. The predicted octanol–water partition coefficient (Wildman–Crippen LogP) is 2.89. The molecule has 2 saturated heterocycles. The zero-order chi connectivity index (χ0) is 22.7. The van der Waals surface area contributed by atoms with Crippen LogP contribution in [-0.4, -0.2) is 42.4 Å². The smallest absolute Gasteiger partial charge is 0.243 e. The minimum absolute atomic E-state index is 0.0473. The molecule has 2 fully saturated rings. The zero-order valence-corrected chi connectivity index (χ0v) is 18.9. The van der Waals surface area contributed by atoms with E-state index >= 15 is 0 Å². The number of phenolic OH excluding ortho intramolecular Hbond substituents is 1. The van der Waals surface area contributed by atoms with Gasteiger partial charge in [-0.1, -0.05) is 31.5 Å². The second-order valence-electron chi connectivity index (χ2n) is 8.38. The summed E-state index contributed by atoms with van der Waals surface area (Å²) in [6.07, 6.45) is 4.12. The number of aromatic hydroxyl groups is 1. The lowest BCUT2D eigenvalue weighted by Crippen LogP contribution is -2.43. The molecule has 0 spiro atoms. The molecule has 0 saturated carbocycles. The average molecular weight is 459 g/mol. The van der Waals surface area contributed by atoms with E-state index in [0.29, 0.717) is 18.7 Å². The van der Waals surface area contributed by atoms with E-state index in [-0.39, 0.29) is 28.6 Å². The van der Waals surface area contributed by atoms with Crippen LogP contribution in [0.1, 0.15) is 50.6 Å². The molecule has 3 unspecified atom stereocenters. The maximum Gasteiger partial charge on any atom is 0.243 e. The summed E-state index contributed by atoms with van der Waals surface area (Å²) in [6.45, 7) is 2.57. The van der Waals surface area contributed by atoms with Crippen molar-refractivity contribution in [3.05, 3.63) is 54.1 Å². The van der Waals surface area contributed by atoms with Crippen molar-refractivity contribution < 1.29 is 18.3 Å². The van der Waals surface area contributed by atoms with Crippen molar-refractivity contribution in [2.45, 2.75) is 62.0 Å². The van der Waals surface area contributed by atoms with E-state index in [1.54, 1.807) is 40.7 Å². The van der Waals surface area contributed by atoms with Gasteiger partial charge in [-0.05, 0) is 56.0 Å². The van der Waals surface area contributed by atoms with Crippen LogP contribution in [0.5, 0.6) is 5.75 Å². The number of nitrogens with zero attached hydrogens (tertiary/aromatic N) is 1. The van der Waals surface area contributed by atoms with E-state index < -0.39 is 16.1 Å². The standard InChI is InChI=1S/C23H30N4O4S/c1-2-17-7-5-6-14-27(17)32(30,31)18-12-10-16(11-13-18)24-23(29)21-15-20(25-26-21)19-8-3-4-9-22(19)28/h3-4,8-13,17,20-21,25-26,28H,2,5-7,14-15H2,1H3,(H,24,29). The van der Waals surface area contributed by atoms with Gasteiger partial charge in [-0.2, -0.15) is 4.31 Å². The fourth-order valence-electron chi connectivity index (χ4n) is 4.49. The fourth-order valence-corrected chi connectivity index (χ4v) is 6.25. The summed E-state index contributed by atoms with van der Waals surface area (Å²) >= 11 is 0. The summed E-state index contributed by atoms with van der Waals surface area (Å²) < 4.78 is 27.8. The van der Waals surface area contributed by atoms with Gasteiger partial charge >= 0.3 is 0 Å². The quantitative estimate of drug-likeness (QED) is 0.530. The van der Waals surface area contributed by atoms with Gasteiger partial charge in [0.25, 0.3) is 0 Å². The van der Waals surface area contributed by atoms with Crippen molar-refractivity contribution in [3.63, 3.8) is 0 Å². The number of hydrazine groups is 1. The third-order valence-electron chi connectivity index (χ3n) is 6.30. The monoisotopic (exact) mass is 458 g/mol. The Balaban J connectivity index is 1.39. The molecule has 2 heterocycles. The first kappa shape index (κ1) is 22.7. The Kier molecular flexibility index (Phi) is 6.80. The van der Waals surface area contributed by atoms with Crippen LogP contribution in [0.4, 0.5) is 5.69 Å². The normalized spacial score (nSPS) is 24.3. The molecule has 0 bridgehead atoms. The van der Waals surface area contributed by atoms with Gasteiger partial charge in [-0.15, -0.1) is 0 Å². The Labute approximate surface area is 189 Å². The van der Waals surface area contributed by atoms with Gasteiger partial charge in [0, 0.05) is 23.8 Å². The highest BCUT2D eigenvalue weighted by molar-refractivity contribution is 7.89. The van der Waals surface area contributed by atoms with Gasteiger partial charge < -0.3 is 10.4 Å². The number of hydrogen-bond donors (Lipinski definition) is 4. The van der Waals surface area contributed by atoms with Crippen molar-refractivity contribution in [2.24, 2.45) is 0 Å². The number of hydrogen-bond acceptors (Lipinski definition) is 6. The SMILES string of the molecule is CCC1CCCCN1S(=O)(=O)c1ccc(NC(=O)C2CC(c3ccccc3O)NN2)cc1. The largest absolute Gasteiger partial charge is 0.508 e. The summed E-state index contributed by atoms with van der Waals surface area (Å²) in [6, 6.07) is 12.8. The number of para-hydroxylation sites is 1. The van der Waals surface area contributed by atoms with Crippen LogP contribution in [0.15, 0.2) is 53.4 Å². The first-order valence-electron chi connectivity index (χ1n) is 11.1. The van der Waals surface area contributed by atoms with Crippen LogP contribution in [0.2, 0.25) is 0 Å². The minimum Gasteiger partial charge on any atom is -0.508 e. The Bertz CT molecular complexity index is 1060. The molecule has 9 heteroatoms. The summed E-state index contributed by atoms with van der Waals surface area (Å²) in [7, 11) is -3.55. The van der Waals surface area contributed by atoms with Crippen LogP contribution >= 0.6 is 0 Å². The van der Waals surface area contributed by atoms with E-state index in [1.165, 1.54) is 0 Å². The third-order valence-corrected chi connectivity index (χ3v) is 8.27. The number of piperidine rings is 1. The average Bonchev–Trinajstić information content (AvgIpc) is 3.30. The number of carbonyl (C=O) groups excluding carboxylic acids is 1. The van der Waals surface area contributed by atoms with Crippen LogP contribution in [-0.2, 0) is 14.8 Å². The summed E-state index contributed by atoms with van der Waals surface area (Å²) in [5.41, 5.74) is 7.28. The maximum atomic E-state index is 13.1. The Morgan fingerprint density at radius 2 is 1.88 bits per heavy atom. The number of benzene rings is 2. The molecule has 0 aromatic heterocycles. The molecule has 2 aliphatic heterocycles. The Hall–Kier alpha value is -2.46. The first-order valence-corrected chi connectivity index (χ1v) is 12.6. The second-order valence-corrected chi connectivity index (χ2v) is 10.3. The molecule has 4 rings (SSSR count). The molecule has 2 aromatic rings. The van der Waals surface area contributed by atoms with E-state index in [2.05, 4.69) is 16.2 Å². The number of nitrogens with one attached hydrogen (secondary N) is 3. The van der Waals surface area contributed by atoms with E-state index in [9.17, 15) is 18.3 Å². The van der Waals surface area contributed by atoms with E-state index in [1.807, 2.05) is 19.1 Å². The lowest BCUT2D eigenvalue weighted by Gasteiger charge is -2.34. The second kappa shape index (κ2) is 9.58. The molecule has 172 valence electrons. The first-order chi connectivity index (χ1) is 15.4. The summed E-state index contributed by atoms with van der Waals surface area (Å²) in [5, 5.41) is 12.9. The lowest BCUT2D eigenvalue weighted by atomic mass is 10.0. The van der Waals surface area contributed by atoms with Gasteiger partial charge in [0.05, 0.1) is 10.9 Å². The summed E-state index contributed by atoms with van der Waals surface area (Å²) in [5.74, 6) is -0.0446. The van der Waals surface area contributed by atoms with Crippen molar-refractivity contribution in [3.8, 4) is 5.75 Å². The van der Waals surface area contributed by atoms with Crippen LogP contribution < -0.4 is 16.2 Å². The molecule has 32 heavy (non-hydrogen) atoms. The maximum absolute atomic E-state index is 13.1. The molecule has 4 N–H and O–H groups in total. The van der Waals surface area contributed by atoms with Gasteiger partial charge in [-0.3, -0.25) is 4.79 Å². The van der Waals surface area contributed by atoms with Crippen molar-refractivity contribution in [1.29, 1.82) is 0 Å². The number of phenols is 1. The number of anilines is 1. The molecular formula is C23H30N4O4S. The van der Waals surface area contributed by atoms with E-state index in [4.69, 9.17) is 0 Å². The number of amides is 1. The number of carbonyl (C=O) groups is 1. The van der Waals surface area contributed by atoms with Crippen LogP contribution in [0.3, 0.4) is 0 Å². The molecular weight excluding hydrogens is 428 g/mol. The van der Waals surface area contributed by atoms with Gasteiger partial charge in [0.1, 0.15) is 11.8 Å². The highest BCUT2D eigenvalue weighted by Crippen LogP contribution is 2.30. The minimum atomic E-state index is -3.55. The molecule has 8 nitrogen and oxygen atoms in total. The Morgan fingerprint density at radius 1 is 1.12 bits per heavy atom. The molecule has 0 radical (unpaired) electrons. The van der Waals surface area contributed by atoms with Crippen molar-refractivity contribution in [1.82, 2.24) is 15.2 Å². The van der Waals surface area contributed by atoms with Gasteiger partial charge in [0.15, 0.2) is 0 Å². The van der Waals surface area contributed by atoms with Crippen LogP contribution in [0, 0.1) is 0 Å². The molecule has 0 aliphatic carbocycles. The van der Waals surface area contributed by atoms with Crippen molar-refractivity contribution in [2.75, 3.05) is 11.9 Å². The topological polar surface area (TPSA) is 111 Å². The number of sulfonamides is 1. The van der Waals surface area contributed by atoms with Crippen molar-refractivity contribution >= 4 is 21.6 Å². The highest BCUT2D eigenvalue weighted by Gasteiger charge is 2.33. The zero-order valence-electron chi connectivity index (χ0n) is 18.1. The van der Waals surface area contributed by atoms with Gasteiger partial charge in [-0.25, -0.2) is 19.3 Å². The molecule has 2 aliphatic rings. The van der Waals surface area contributed by atoms with Crippen LogP contribution in [0.25, 0.3) is 0 Å². The lowest BCUT2D eigenvalue weighted by molar-refractivity contribution is -0.117. The Morgan fingerprint density at radius 3 is 2.59 bits per heavy atom. The third kappa shape index (κ3) is 4.66. The molecule has 3 atom stereocenters. The summed E-state index contributed by atoms with van der Waals surface area (Å²) in [4.78, 5) is 12.9. The molecule has 1 amide bonds. The van der Waals surface area contributed by atoms with Gasteiger partial charge in [0.2, 0.25) is 15.9 Å².